The lowest BCUT2D eigenvalue weighted by Crippen LogP contribution is -2.46. The number of urea groups is 1. The molecule has 0 saturated heterocycles. The molecule has 0 atom stereocenters. The fraction of sp³-hybridized carbons (Fsp3) is 0.308. The molecular formula is C13H14BrN3O3. The molecule has 1 aromatic carbocycles. The van der Waals surface area contributed by atoms with Crippen LogP contribution in [0.15, 0.2) is 22.7 Å². The van der Waals surface area contributed by atoms with Crippen molar-refractivity contribution in [1.29, 1.82) is 5.26 Å². The molecule has 0 bridgehead atoms. The van der Waals surface area contributed by atoms with Gasteiger partial charge in [-0.25, -0.2) is 4.79 Å². The maximum Gasteiger partial charge on any atom is 0.319 e. The highest BCUT2D eigenvalue weighted by atomic mass is 79.9. The summed E-state index contributed by atoms with van der Waals surface area (Å²) in [4.78, 5) is 22.5. The SMILES string of the molecule is CC(C)(CC(=O)O)NC(=O)Nc1ccc(Br)cc1C#N. The van der Waals surface area contributed by atoms with E-state index in [1.807, 2.05) is 6.07 Å². The molecule has 0 fully saturated rings. The van der Waals surface area contributed by atoms with E-state index in [-0.39, 0.29) is 6.42 Å². The van der Waals surface area contributed by atoms with Crippen molar-refractivity contribution in [2.45, 2.75) is 25.8 Å². The number of nitrogens with zero attached hydrogens (tertiary/aromatic N) is 1. The molecule has 106 valence electrons. The van der Waals surface area contributed by atoms with Crippen molar-refractivity contribution < 1.29 is 14.7 Å². The molecule has 1 rings (SSSR count). The normalized spacial score (nSPS) is 10.5. The number of hydrogen-bond donors (Lipinski definition) is 3. The second-order valence-corrected chi connectivity index (χ2v) is 5.75. The molecule has 0 radical (unpaired) electrons. The summed E-state index contributed by atoms with van der Waals surface area (Å²) < 4.78 is 0.728. The molecule has 0 aliphatic carbocycles. The Morgan fingerprint density at radius 1 is 1.45 bits per heavy atom. The number of benzene rings is 1. The summed E-state index contributed by atoms with van der Waals surface area (Å²) in [6.45, 7) is 3.21. The first-order valence-electron chi connectivity index (χ1n) is 5.74. The molecule has 0 saturated carbocycles. The molecule has 0 aliphatic heterocycles. The van der Waals surface area contributed by atoms with E-state index in [1.165, 1.54) is 0 Å². The van der Waals surface area contributed by atoms with Crippen LogP contribution >= 0.6 is 15.9 Å². The van der Waals surface area contributed by atoms with Gasteiger partial charge in [0.2, 0.25) is 0 Å². The fourth-order valence-corrected chi connectivity index (χ4v) is 1.96. The summed E-state index contributed by atoms with van der Waals surface area (Å²) in [5.74, 6) is -1.00. The highest BCUT2D eigenvalue weighted by Gasteiger charge is 2.24. The molecule has 7 heteroatoms. The van der Waals surface area contributed by atoms with Gasteiger partial charge in [-0.3, -0.25) is 4.79 Å². The zero-order valence-electron chi connectivity index (χ0n) is 11.0. The number of carbonyl (C=O) groups is 2. The van der Waals surface area contributed by atoms with Gasteiger partial charge in [0.15, 0.2) is 0 Å². The van der Waals surface area contributed by atoms with E-state index in [1.54, 1.807) is 32.0 Å². The van der Waals surface area contributed by atoms with E-state index < -0.39 is 17.5 Å². The van der Waals surface area contributed by atoms with E-state index in [0.29, 0.717) is 11.3 Å². The number of carboxylic acid groups (broad SMARTS) is 1. The summed E-state index contributed by atoms with van der Waals surface area (Å²) in [5, 5.41) is 22.8. The highest BCUT2D eigenvalue weighted by molar-refractivity contribution is 9.10. The third-order valence-electron chi connectivity index (χ3n) is 2.40. The second-order valence-electron chi connectivity index (χ2n) is 4.84. The number of halogens is 1. The number of carbonyl (C=O) groups excluding carboxylic acids is 1. The number of aliphatic carboxylic acids is 1. The molecule has 6 nitrogen and oxygen atoms in total. The number of hydrogen-bond acceptors (Lipinski definition) is 3. The maximum absolute atomic E-state index is 11.8. The van der Waals surface area contributed by atoms with Crippen LogP contribution in [0.2, 0.25) is 0 Å². The topological polar surface area (TPSA) is 102 Å². The van der Waals surface area contributed by atoms with Crippen LogP contribution in [0.4, 0.5) is 10.5 Å². The number of rotatable bonds is 4. The van der Waals surface area contributed by atoms with Crippen molar-refractivity contribution in [1.82, 2.24) is 5.32 Å². The van der Waals surface area contributed by atoms with Crippen molar-refractivity contribution in [3.63, 3.8) is 0 Å². The minimum Gasteiger partial charge on any atom is -0.481 e. The summed E-state index contributed by atoms with van der Waals surface area (Å²) in [6, 6.07) is 6.27. The molecule has 0 aliphatic rings. The standard InChI is InChI=1S/C13H14BrN3O3/c1-13(2,6-11(18)19)17-12(20)16-10-4-3-9(14)5-8(10)7-15/h3-5H,6H2,1-2H3,(H,18,19)(H2,16,17,20). The van der Waals surface area contributed by atoms with Gasteiger partial charge in [-0.05, 0) is 32.0 Å². The first-order chi connectivity index (χ1) is 9.23. The van der Waals surface area contributed by atoms with Crippen LogP contribution in [-0.2, 0) is 4.79 Å². The van der Waals surface area contributed by atoms with Crippen LogP contribution in [0, 0.1) is 11.3 Å². The Labute approximate surface area is 124 Å². The zero-order valence-corrected chi connectivity index (χ0v) is 12.6. The van der Waals surface area contributed by atoms with Crippen molar-refractivity contribution in [3.8, 4) is 6.07 Å². The first kappa shape index (κ1) is 16.0. The summed E-state index contributed by atoms with van der Waals surface area (Å²) >= 11 is 3.23. The molecular weight excluding hydrogens is 326 g/mol. The smallest absolute Gasteiger partial charge is 0.319 e. The van der Waals surface area contributed by atoms with Crippen LogP contribution in [0.5, 0.6) is 0 Å². The van der Waals surface area contributed by atoms with Gasteiger partial charge in [-0.1, -0.05) is 15.9 Å². The molecule has 20 heavy (non-hydrogen) atoms. The van der Waals surface area contributed by atoms with Gasteiger partial charge in [0.1, 0.15) is 6.07 Å². The maximum atomic E-state index is 11.8. The Hall–Kier alpha value is -2.07. The monoisotopic (exact) mass is 339 g/mol. The predicted molar refractivity (Wildman–Crippen MR) is 77.3 cm³/mol. The fourth-order valence-electron chi connectivity index (χ4n) is 1.60. The van der Waals surface area contributed by atoms with Crippen LogP contribution < -0.4 is 10.6 Å². The Kier molecular flexibility index (Phi) is 5.11. The minimum absolute atomic E-state index is 0.203. The number of nitriles is 1. The zero-order chi connectivity index (χ0) is 15.3. The van der Waals surface area contributed by atoms with Gasteiger partial charge in [0.05, 0.1) is 17.7 Å². The third kappa shape index (κ3) is 4.90. The van der Waals surface area contributed by atoms with Crippen molar-refractivity contribution in [3.05, 3.63) is 28.2 Å². The largest absolute Gasteiger partial charge is 0.481 e. The molecule has 2 amide bonds. The lowest BCUT2D eigenvalue weighted by atomic mass is 10.0. The van der Waals surface area contributed by atoms with E-state index in [0.717, 1.165) is 4.47 Å². The van der Waals surface area contributed by atoms with Crippen LogP contribution in [0.1, 0.15) is 25.8 Å². The number of carboxylic acids is 1. The Balaban J connectivity index is 2.77. The van der Waals surface area contributed by atoms with Crippen molar-refractivity contribution in [2.24, 2.45) is 0 Å². The van der Waals surface area contributed by atoms with Gasteiger partial charge in [-0.2, -0.15) is 5.26 Å². The Morgan fingerprint density at radius 2 is 2.10 bits per heavy atom. The number of amides is 2. The van der Waals surface area contributed by atoms with Gasteiger partial charge in [0.25, 0.3) is 0 Å². The van der Waals surface area contributed by atoms with E-state index in [2.05, 4.69) is 26.6 Å². The van der Waals surface area contributed by atoms with E-state index in [4.69, 9.17) is 10.4 Å². The first-order valence-corrected chi connectivity index (χ1v) is 6.53. The van der Waals surface area contributed by atoms with Gasteiger partial charge >= 0.3 is 12.0 Å². The average Bonchev–Trinajstić information content (AvgIpc) is 2.28. The van der Waals surface area contributed by atoms with E-state index >= 15 is 0 Å². The molecule has 0 unspecified atom stereocenters. The Morgan fingerprint density at radius 3 is 2.65 bits per heavy atom. The summed E-state index contributed by atoms with van der Waals surface area (Å²) in [7, 11) is 0. The third-order valence-corrected chi connectivity index (χ3v) is 2.89. The van der Waals surface area contributed by atoms with Crippen molar-refractivity contribution >= 4 is 33.6 Å². The van der Waals surface area contributed by atoms with Crippen LogP contribution in [-0.4, -0.2) is 22.6 Å². The van der Waals surface area contributed by atoms with Gasteiger partial charge in [-0.15, -0.1) is 0 Å². The summed E-state index contributed by atoms with van der Waals surface area (Å²) in [5.41, 5.74) is -0.220. The lowest BCUT2D eigenvalue weighted by molar-refractivity contribution is -0.138. The van der Waals surface area contributed by atoms with Crippen LogP contribution in [0.25, 0.3) is 0 Å². The number of nitrogens with one attached hydrogen (secondary N) is 2. The molecule has 0 spiro atoms. The quantitative estimate of drug-likeness (QED) is 0.784. The second kappa shape index (κ2) is 6.39. The van der Waals surface area contributed by atoms with Crippen LogP contribution in [0.3, 0.4) is 0 Å². The molecule has 3 N–H and O–H groups in total. The van der Waals surface area contributed by atoms with Crippen molar-refractivity contribution in [2.75, 3.05) is 5.32 Å². The summed E-state index contributed by atoms with van der Waals surface area (Å²) in [6.07, 6.45) is -0.203. The van der Waals surface area contributed by atoms with Gasteiger partial charge < -0.3 is 15.7 Å². The molecule has 0 aromatic heterocycles. The lowest BCUT2D eigenvalue weighted by Gasteiger charge is -2.24. The molecule has 1 aromatic rings. The molecule has 0 heterocycles. The number of anilines is 1. The Bertz CT molecular complexity index is 579. The highest BCUT2D eigenvalue weighted by Crippen LogP contribution is 2.20. The van der Waals surface area contributed by atoms with E-state index in [9.17, 15) is 9.59 Å². The van der Waals surface area contributed by atoms with Gasteiger partial charge in [0, 0.05) is 10.0 Å². The predicted octanol–water partition coefficient (Wildman–Crippen LogP) is 2.70. The minimum atomic E-state index is -1.00. The average molecular weight is 340 g/mol.